The first kappa shape index (κ1) is 16.6. The van der Waals surface area contributed by atoms with E-state index in [1.807, 2.05) is 13.8 Å². The van der Waals surface area contributed by atoms with Gasteiger partial charge in [0.2, 0.25) is 0 Å². The van der Waals surface area contributed by atoms with Crippen LogP contribution in [-0.2, 0) is 14.3 Å². The smallest absolute Gasteiger partial charge is 0.305 e. The fourth-order valence-electron chi connectivity index (χ4n) is 0.752. The number of hydrogen-bond donors (Lipinski definition) is 0. The van der Waals surface area contributed by atoms with Gasteiger partial charge >= 0.3 is 5.97 Å². The summed E-state index contributed by atoms with van der Waals surface area (Å²) in [5, 5.41) is 0. The van der Waals surface area contributed by atoms with Crippen molar-refractivity contribution in [1.29, 1.82) is 0 Å². The van der Waals surface area contributed by atoms with E-state index < -0.39 is 0 Å². The summed E-state index contributed by atoms with van der Waals surface area (Å²) in [7, 11) is 0. The molecule has 15 heavy (non-hydrogen) atoms. The molecule has 0 aromatic rings. The van der Waals surface area contributed by atoms with Crippen LogP contribution in [0.3, 0.4) is 0 Å². The minimum absolute atomic E-state index is 0.0593. The normalized spacial score (nSPS) is 8.80. The highest BCUT2D eigenvalue weighted by molar-refractivity contribution is 5.74. The van der Waals surface area contributed by atoms with Crippen molar-refractivity contribution < 1.29 is 14.3 Å². The molecule has 0 aromatic carbocycles. The van der Waals surface area contributed by atoms with E-state index in [-0.39, 0.29) is 11.8 Å². The number of Topliss-reactive ketones (excluding diaryl/α,β-unsaturated/α-hetero) is 1. The standard InChI is InChI=1S/C8H16O2.C4H8O/c1-3-5-6-7-8(9)10-4-2;1-3-4(2)5/h3-7H2,1-2H3;3H2,1-2H3. The Bertz CT molecular complexity index is 164. The molecule has 0 saturated heterocycles. The van der Waals surface area contributed by atoms with Gasteiger partial charge in [-0.3, -0.25) is 4.79 Å². The first-order valence-electron chi connectivity index (χ1n) is 5.73. The fraction of sp³-hybridized carbons (Fsp3) is 0.833. The summed E-state index contributed by atoms with van der Waals surface area (Å²) < 4.78 is 4.75. The molecule has 0 N–H and O–H groups in total. The molecule has 0 bridgehead atoms. The van der Waals surface area contributed by atoms with Crippen LogP contribution in [0.2, 0.25) is 0 Å². The van der Waals surface area contributed by atoms with E-state index in [2.05, 4.69) is 6.92 Å². The average molecular weight is 216 g/mol. The Hall–Kier alpha value is -0.860. The van der Waals surface area contributed by atoms with Crippen molar-refractivity contribution in [2.45, 2.75) is 59.8 Å². The molecule has 0 aliphatic carbocycles. The fourth-order valence-corrected chi connectivity index (χ4v) is 0.752. The number of rotatable bonds is 6. The van der Waals surface area contributed by atoms with Crippen molar-refractivity contribution in [3.05, 3.63) is 0 Å². The molecule has 0 rings (SSSR count). The van der Waals surface area contributed by atoms with Crippen molar-refractivity contribution in [3.63, 3.8) is 0 Å². The highest BCUT2D eigenvalue weighted by Crippen LogP contribution is 1.99. The molecule has 0 spiro atoms. The molecule has 0 saturated carbocycles. The highest BCUT2D eigenvalue weighted by atomic mass is 16.5. The lowest BCUT2D eigenvalue weighted by atomic mass is 10.2. The van der Waals surface area contributed by atoms with E-state index in [1.165, 1.54) is 0 Å². The van der Waals surface area contributed by atoms with Gasteiger partial charge in [-0.1, -0.05) is 26.7 Å². The Labute approximate surface area is 93.2 Å². The molecule has 0 aliphatic rings. The van der Waals surface area contributed by atoms with Gasteiger partial charge < -0.3 is 9.53 Å². The molecule has 0 heterocycles. The lowest BCUT2D eigenvalue weighted by Crippen LogP contribution is -2.02. The summed E-state index contributed by atoms with van der Waals surface area (Å²) in [6.07, 6.45) is 4.50. The average Bonchev–Trinajstić information content (AvgIpc) is 2.19. The monoisotopic (exact) mass is 216 g/mol. The predicted octanol–water partition coefficient (Wildman–Crippen LogP) is 3.12. The third-order valence-electron chi connectivity index (χ3n) is 1.79. The summed E-state index contributed by atoms with van der Waals surface area (Å²) in [6, 6.07) is 0. The van der Waals surface area contributed by atoms with E-state index in [9.17, 15) is 9.59 Å². The molecule has 3 heteroatoms. The SMILES string of the molecule is CCC(C)=O.CCCCCC(=O)OCC. The van der Waals surface area contributed by atoms with Gasteiger partial charge in [-0.2, -0.15) is 0 Å². The van der Waals surface area contributed by atoms with Crippen molar-refractivity contribution in [1.82, 2.24) is 0 Å². The van der Waals surface area contributed by atoms with Gasteiger partial charge in [0.1, 0.15) is 5.78 Å². The second-order valence-electron chi connectivity index (χ2n) is 3.32. The van der Waals surface area contributed by atoms with Crippen molar-refractivity contribution >= 4 is 11.8 Å². The molecule has 0 fully saturated rings. The highest BCUT2D eigenvalue weighted by Gasteiger charge is 1.98. The van der Waals surface area contributed by atoms with Gasteiger partial charge in [0, 0.05) is 12.8 Å². The molecular weight excluding hydrogens is 192 g/mol. The zero-order chi connectivity index (χ0) is 12.1. The third-order valence-corrected chi connectivity index (χ3v) is 1.79. The summed E-state index contributed by atoms with van der Waals surface area (Å²) in [6.45, 7) is 7.89. The lowest BCUT2D eigenvalue weighted by Gasteiger charge is -1.99. The van der Waals surface area contributed by atoms with Crippen molar-refractivity contribution in [2.24, 2.45) is 0 Å². The second kappa shape index (κ2) is 13.1. The predicted molar refractivity (Wildman–Crippen MR) is 61.7 cm³/mol. The van der Waals surface area contributed by atoms with E-state index in [0.717, 1.165) is 19.3 Å². The largest absolute Gasteiger partial charge is 0.466 e. The number of ether oxygens (including phenoxy) is 1. The summed E-state index contributed by atoms with van der Waals surface area (Å²) in [4.78, 5) is 20.5. The van der Waals surface area contributed by atoms with Crippen molar-refractivity contribution in [2.75, 3.05) is 6.61 Å². The van der Waals surface area contributed by atoms with Crippen LogP contribution in [0.5, 0.6) is 0 Å². The molecular formula is C12H24O3. The number of carbonyl (C=O) groups excluding carboxylic acids is 2. The Morgan fingerprint density at radius 1 is 1.07 bits per heavy atom. The summed E-state index contributed by atoms with van der Waals surface area (Å²) >= 11 is 0. The maximum absolute atomic E-state index is 10.7. The van der Waals surface area contributed by atoms with Gasteiger partial charge in [0.15, 0.2) is 0 Å². The number of carbonyl (C=O) groups is 2. The maximum Gasteiger partial charge on any atom is 0.305 e. The molecule has 0 unspecified atom stereocenters. The number of esters is 1. The van der Waals surface area contributed by atoms with E-state index in [1.54, 1.807) is 6.92 Å². The van der Waals surface area contributed by atoms with E-state index in [0.29, 0.717) is 19.4 Å². The van der Waals surface area contributed by atoms with Gasteiger partial charge in [-0.15, -0.1) is 0 Å². The van der Waals surface area contributed by atoms with Crippen LogP contribution in [-0.4, -0.2) is 18.4 Å². The second-order valence-corrected chi connectivity index (χ2v) is 3.32. The van der Waals surface area contributed by atoms with Gasteiger partial charge in [-0.25, -0.2) is 0 Å². The maximum atomic E-state index is 10.7. The molecule has 90 valence electrons. The molecule has 3 nitrogen and oxygen atoms in total. The van der Waals surface area contributed by atoms with Crippen LogP contribution in [0.4, 0.5) is 0 Å². The molecule has 0 atom stereocenters. The first-order chi connectivity index (χ1) is 7.08. The third kappa shape index (κ3) is 19.5. The lowest BCUT2D eigenvalue weighted by molar-refractivity contribution is -0.143. The first-order valence-corrected chi connectivity index (χ1v) is 5.73. The van der Waals surface area contributed by atoms with Gasteiger partial charge in [0.05, 0.1) is 6.61 Å². The zero-order valence-electron chi connectivity index (χ0n) is 10.5. The molecule has 0 aliphatic heterocycles. The Kier molecular flexibility index (Phi) is 14.5. The minimum atomic E-state index is -0.0593. The molecule has 0 radical (unpaired) electrons. The van der Waals surface area contributed by atoms with Crippen LogP contribution in [0.25, 0.3) is 0 Å². The quantitative estimate of drug-likeness (QED) is 0.506. The molecule has 0 aromatic heterocycles. The van der Waals surface area contributed by atoms with Crippen LogP contribution in [0.15, 0.2) is 0 Å². The Morgan fingerprint density at radius 2 is 1.60 bits per heavy atom. The zero-order valence-corrected chi connectivity index (χ0v) is 10.5. The van der Waals surface area contributed by atoms with Gasteiger partial charge in [-0.05, 0) is 20.3 Å². The summed E-state index contributed by atoms with van der Waals surface area (Å²) in [5.74, 6) is 0.195. The van der Waals surface area contributed by atoms with E-state index in [4.69, 9.17) is 4.74 Å². The summed E-state index contributed by atoms with van der Waals surface area (Å²) in [5.41, 5.74) is 0. The topological polar surface area (TPSA) is 43.4 Å². The number of unbranched alkanes of at least 4 members (excludes halogenated alkanes) is 2. The number of ketones is 1. The molecule has 0 amide bonds. The van der Waals surface area contributed by atoms with Crippen LogP contribution in [0, 0.1) is 0 Å². The van der Waals surface area contributed by atoms with Gasteiger partial charge in [0.25, 0.3) is 0 Å². The van der Waals surface area contributed by atoms with Crippen LogP contribution >= 0.6 is 0 Å². The van der Waals surface area contributed by atoms with Crippen molar-refractivity contribution in [3.8, 4) is 0 Å². The Balaban J connectivity index is 0. The number of hydrogen-bond acceptors (Lipinski definition) is 3. The van der Waals surface area contributed by atoms with E-state index >= 15 is 0 Å². The minimum Gasteiger partial charge on any atom is -0.466 e. The van der Waals surface area contributed by atoms with Crippen LogP contribution in [0.1, 0.15) is 59.8 Å². The van der Waals surface area contributed by atoms with Crippen LogP contribution < -0.4 is 0 Å². The Morgan fingerprint density at radius 3 is 1.93 bits per heavy atom.